The molecular formula is C28H38N6O. The van der Waals surface area contributed by atoms with E-state index in [1.807, 2.05) is 32.3 Å². The molecule has 1 aliphatic rings. The average Bonchev–Trinajstić information content (AvgIpc) is 3.26. The minimum Gasteiger partial charge on any atom is -0.497 e. The van der Waals surface area contributed by atoms with Gasteiger partial charge in [-0.1, -0.05) is 19.6 Å². The quantitative estimate of drug-likeness (QED) is 0.309. The van der Waals surface area contributed by atoms with E-state index < -0.39 is 0 Å². The van der Waals surface area contributed by atoms with Crippen LogP contribution >= 0.6 is 0 Å². The van der Waals surface area contributed by atoms with Crippen molar-refractivity contribution in [2.45, 2.75) is 45.7 Å². The van der Waals surface area contributed by atoms with Crippen molar-refractivity contribution >= 4 is 33.6 Å². The van der Waals surface area contributed by atoms with Gasteiger partial charge in [0.2, 0.25) is 5.95 Å². The first-order chi connectivity index (χ1) is 16.6. The molecule has 5 rings (SSSR count). The molecule has 0 bridgehead atoms. The van der Waals surface area contributed by atoms with Crippen molar-refractivity contribution in [2.75, 3.05) is 38.0 Å². The number of para-hydroxylation sites is 1. The zero-order valence-corrected chi connectivity index (χ0v) is 20.3. The van der Waals surface area contributed by atoms with Crippen molar-refractivity contribution in [1.82, 2.24) is 20.3 Å². The number of fused-ring (bicyclic) bond motifs is 2. The van der Waals surface area contributed by atoms with E-state index in [-0.39, 0.29) is 7.43 Å². The van der Waals surface area contributed by atoms with Gasteiger partial charge >= 0.3 is 0 Å². The first kappa shape index (κ1) is 24.8. The van der Waals surface area contributed by atoms with Crippen LogP contribution in [0.4, 0.5) is 11.8 Å². The van der Waals surface area contributed by atoms with Gasteiger partial charge in [-0.3, -0.25) is 0 Å². The van der Waals surface area contributed by atoms with Crippen LogP contribution in [-0.4, -0.2) is 48.7 Å². The van der Waals surface area contributed by atoms with Gasteiger partial charge < -0.3 is 25.3 Å². The van der Waals surface area contributed by atoms with Crippen molar-refractivity contribution < 1.29 is 4.74 Å². The summed E-state index contributed by atoms with van der Waals surface area (Å²) in [5.41, 5.74) is 3.42. The minimum absolute atomic E-state index is 0. The number of aromatic amines is 1. The third-order valence-corrected chi connectivity index (χ3v) is 6.91. The summed E-state index contributed by atoms with van der Waals surface area (Å²) < 4.78 is 5.39. The Bertz CT molecular complexity index is 1260. The van der Waals surface area contributed by atoms with E-state index in [4.69, 9.17) is 14.7 Å². The highest BCUT2D eigenvalue weighted by molar-refractivity contribution is 5.90. The molecule has 0 unspecified atom stereocenters. The van der Waals surface area contributed by atoms with Crippen molar-refractivity contribution in [3.63, 3.8) is 0 Å². The maximum Gasteiger partial charge on any atom is 0.225 e. The number of hydrogen-bond acceptors (Lipinski definition) is 6. The van der Waals surface area contributed by atoms with Gasteiger partial charge in [0, 0.05) is 49.2 Å². The second kappa shape index (κ2) is 11.0. The number of hydrogen-bond donors (Lipinski definition) is 3. The highest BCUT2D eigenvalue weighted by Crippen LogP contribution is 2.29. The first-order valence-electron chi connectivity index (χ1n) is 12.2. The average molecular weight is 475 g/mol. The Labute approximate surface area is 208 Å². The number of benzene rings is 2. The highest BCUT2D eigenvalue weighted by atomic mass is 16.5. The number of anilines is 2. The summed E-state index contributed by atoms with van der Waals surface area (Å²) in [5, 5.41) is 9.61. The molecule has 0 radical (unpaired) electrons. The number of rotatable bonds is 8. The molecule has 0 atom stereocenters. The van der Waals surface area contributed by atoms with E-state index in [9.17, 15) is 0 Å². The molecule has 35 heavy (non-hydrogen) atoms. The van der Waals surface area contributed by atoms with Crippen LogP contribution in [0.5, 0.6) is 5.75 Å². The van der Waals surface area contributed by atoms with Crippen LogP contribution in [0, 0.1) is 5.92 Å². The fraction of sp³-hybridized carbons (Fsp3) is 0.429. The van der Waals surface area contributed by atoms with Crippen LogP contribution in [0.2, 0.25) is 0 Å². The molecule has 0 amide bonds. The molecule has 7 heteroatoms. The molecule has 2 heterocycles. The molecular weight excluding hydrogens is 436 g/mol. The second-order valence-electron chi connectivity index (χ2n) is 9.50. The van der Waals surface area contributed by atoms with Crippen LogP contribution in [0.25, 0.3) is 21.8 Å². The summed E-state index contributed by atoms with van der Waals surface area (Å²) in [6.45, 7) is 1.91. The highest BCUT2D eigenvalue weighted by Gasteiger charge is 2.22. The largest absolute Gasteiger partial charge is 0.497 e. The van der Waals surface area contributed by atoms with Crippen LogP contribution in [0.1, 0.15) is 38.7 Å². The van der Waals surface area contributed by atoms with Crippen LogP contribution in [-0.2, 0) is 6.54 Å². The maximum atomic E-state index is 5.39. The monoisotopic (exact) mass is 474 g/mol. The zero-order valence-electron chi connectivity index (χ0n) is 20.3. The Balaban J connectivity index is 0.00000289. The molecule has 4 aromatic rings. The third-order valence-electron chi connectivity index (χ3n) is 6.91. The first-order valence-corrected chi connectivity index (χ1v) is 12.2. The standard InChI is InChI=1S/C27H34N6O.CH4/c1-33(2)26-22-6-4-5-7-25(22)31-27(32-26)30-20-10-8-18(9-11-20)15-28-16-19-17-29-24-13-12-21(34-3)14-23(19)24;/h4-7,12-14,17-18,20,28-29H,8-11,15-16H2,1-3H3,(H,30,31,32);1H4. The van der Waals surface area contributed by atoms with Crippen molar-refractivity contribution in [2.24, 2.45) is 5.92 Å². The van der Waals surface area contributed by atoms with E-state index in [1.165, 1.54) is 23.8 Å². The van der Waals surface area contributed by atoms with Crippen molar-refractivity contribution in [1.29, 1.82) is 0 Å². The fourth-order valence-corrected chi connectivity index (χ4v) is 5.00. The van der Waals surface area contributed by atoms with Gasteiger partial charge in [-0.25, -0.2) is 4.98 Å². The molecule has 0 aliphatic heterocycles. The van der Waals surface area contributed by atoms with E-state index in [0.717, 1.165) is 59.9 Å². The van der Waals surface area contributed by atoms with Gasteiger partial charge in [-0.2, -0.15) is 4.98 Å². The van der Waals surface area contributed by atoms with E-state index in [0.29, 0.717) is 12.0 Å². The normalized spacial score (nSPS) is 17.8. The number of H-pyrrole nitrogens is 1. The Morgan fingerprint density at radius 1 is 1.03 bits per heavy atom. The summed E-state index contributed by atoms with van der Waals surface area (Å²) >= 11 is 0. The van der Waals surface area contributed by atoms with Gasteiger partial charge in [-0.05, 0) is 74.0 Å². The third kappa shape index (κ3) is 5.51. The number of nitrogens with one attached hydrogen (secondary N) is 3. The summed E-state index contributed by atoms with van der Waals surface area (Å²) in [6.07, 6.45) is 6.80. The summed E-state index contributed by atoms with van der Waals surface area (Å²) in [7, 11) is 5.78. The lowest BCUT2D eigenvalue weighted by molar-refractivity contribution is 0.324. The smallest absolute Gasteiger partial charge is 0.225 e. The maximum absolute atomic E-state index is 5.39. The molecule has 1 fully saturated rings. The lowest BCUT2D eigenvalue weighted by Crippen LogP contribution is -2.31. The molecule has 1 saturated carbocycles. The Kier molecular flexibility index (Phi) is 7.76. The summed E-state index contributed by atoms with van der Waals surface area (Å²) in [4.78, 5) is 15.0. The topological polar surface area (TPSA) is 78.1 Å². The summed E-state index contributed by atoms with van der Waals surface area (Å²) in [6, 6.07) is 14.8. The molecule has 1 aliphatic carbocycles. The SMILES string of the molecule is C.COc1ccc2[nH]cc(CNCC3CCC(Nc4nc(N(C)C)c5ccccc5n4)CC3)c2c1. The molecule has 3 N–H and O–H groups in total. The van der Waals surface area contributed by atoms with Crippen LogP contribution in [0.3, 0.4) is 0 Å². The van der Waals surface area contributed by atoms with Gasteiger partial charge in [0.15, 0.2) is 0 Å². The van der Waals surface area contributed by atoms with Gasteiger partial charge in [0.05, 0.1) is 12.6 Å². The number of ether oxygens (including phenoxy) is 1. The van der Waals surface area contributed by atoms with Crippen LogP contribution < -0.4 is 20.3 Å². The molecule has 0 spiro atoms. The van der Waals surface area contributed by atoms with E-state index >= 15 is 0 Å². The predicted octanol–water partition coefficient (Wildman–Crippen LogP) is 5.58. The molecule has 0 saturated heterocycles. The van der Waals surface area contributed by atoms with E-state index in [1.54, 1.807) is 7.11 Å². The van der Waals surface area contributed by atoms with Gasteiger partial charge in [0.1, 0.15) is 11.6 Å². The lowest BCUT2D eigenvalue weighted by atomic mass is 9.86. The predicted molar refractivity (Wildman–Crippen MR) is 147 cm³/mol. The van der Waals surface area contributed by atoms with Crippen molar-refractivity contribution in [3.8, 4) is 5.75 Å². The molecule has 186 valence electrons. The minimum atomic E-state index is 0. The summed E-state index contributed by atoms with van der Waals surface area (Å²) in [5.74, 6) is 3.29. The molecule has 2 aromatic heterocycles. The zero-order chi connectivity index (χ0) is 23.5. The van der Waals surface area contributed by atoms with Gasteiger partial charge in [-0.15, -0.1) is 0 Å². The van der Waals surface area contributed by atoms with Gasteiger partial charge in [0.25, 0.3) is 0 Å². The molecule has 7 nitrogen and oxygen atoms in total. The Morgan fingerprint density at radius 2 is 1.83 bits per heavy atom. The Morgan fingerprint density at radius 3 is 2.60 bits per heavy atom. The molecule has 2 aromatic carbocycles. The fourth-order valence-electron chi connectivity index (χ4n) is 5.00. The Hall–Kier alpha value is -3.32. The van der Waals surface area contributed by atoms with Crippen LogP contribution in [0.15, 0.2) is 48.7 Å². The number of methoxy groups -OCH3 is 1. The van der Waals surface area contributed by atoms with Crippen molar-refractivity contribution in [3.05, 3.63) is 54.2 Å². The van der Waals surface area contributed by atoms with E-state index in [2.05, 4.69) is 51.0 Å². The number of nitrogens with zero attached hydrogens (tertiary/aromatic N) is 3. The number of aromatic nitrogens is 3. The lowest BCUT2D eigenvalue weighted by Gasteiger charge is -2.29. The second-order valence-corrected chi connectivity index (χ2v) is 9.50.